The van der Waals surface area contributed by atoms with E-state index >= 15 is 0 Å². The van der Waals surface area contributed by atoms with E-state index in [1.165, 1.54) is 154 Å². The first-order valence-corrected chi connectivity index (χ1v) is 23.9. The maximum absolute atomic E-state index is 12.5. The van der Waals surface area contributed by atoms with Crippen molar-refractivity contribution in [2.45, 2.75) is 263 Å². The van der Waals surface area contributed by atoms with Gasteiger partial charge in [0.05, 0.1) is 18.8 Å². The molecule has 0 aromatic carbocycles. The summed E-state index contributed by atoms with van der Waals surface area (Å²) in [5.74, 6) is -0.598. The van der Waals surface area contributed by atoms with Crippen LogP contribution in [0.25, 0.3) is 0 Å². The van der Waals surface area contributed by atoms with Gasteiger partial charge in [-0.2, -0.15) is 0 Å². The topological polar surface area (TPSA) is 110 Å². The molecule has 4 atom stereocenters. The molecule has 0 radical (unpaired) electrons. The Bertz CT molecular complexity index is 873. The van der Waals surface area contributed by atoms with Gasteiger partial charge < -0.3 is 25.7 Å². The molecule has 0 heterocycles. The van der Waals surface area contributed by atoms with Gasteiger partial charge in [0.25, 0.3) is 0 Å². The van der Waals surface area contributed by atoms with Gasteiger partial charge in [-0.1, -0.05) is 211 Å². The second-order valence-electron chi connectivity index (χ2n) is 16.4. The Balaban J connectivity index is 3.78. The Morgan fingerprint density at radius 1 is 0.436 bits per heavy atom. The van der Waals surface area contributed by atoms with Crippen molar-refractivity contribution in [2.75, 3.05) is 6.61 Å². The highest BCUT2D eigenvalue weighted by Crippen LogP contribution is 2.16. The van der Waals surface area contributed by atoms with Gasteiger partial charge in [0.1, 0.15) is 12.2 Å². The van der Waals surface area contributed by atoms with E-state index in [0.717, 1.165) is 51.4 Å². The lowest BCUT2D eigenvalue weighted by atomic mass is 10.00. The number of hydrogen-bond donors (Lipinski definition) is 5. The zero-order chi connectivity index (χ0) is 40.3. The van der Waals surface area contributed by atoms with Crippen LogP contribution in [0.3, 0.4) is 0 Å². The van der Waals surface area contributed by atoms with Gasteiger partial charge in [-0.05, 0) is 64.2 Å². The first-order chi connectivity index (χ1) is 27.0. The first-order valence-electron chi connectivity index (χ1n) is 23.9. The lowest BCUT2D eigenvalue weighted by molar-refractivity contribution is -0.132. The zero-order valence-corrected chi connectivity index (χ0v) is 36.4. The molecule has 6 heteroatoms. The number of hydrogen-bond acceptors (Lipinski definition) is 5. The van der Waals surface area contributed by atoms with Gasteiger partial charge in [-0.25, -0.2) is 0 Å². The van der Waals surface area contributed by atoms with E-state index in [1.54, 1.807) is 0 Å². The van der Waals surface area contributed by atoms with Crippen molar-refractivity contribution in [2.24, 2.45) is 0 Å². The quantitative estimate of drug-likeness (QED) is 0.0313. The maximum Gasteiger partial charge on any atom is 0.249 e. The second kappa shape index (κ2) is 43.6. The van der Waals surface area contributed by atoms with Crippen molar-refractivity contribution < 1.29 is 25.2 Å². The molecule has 0 aromatic rings. The number of aliphatic hydroxyl groups excluding tert-OH is 4. The van der Waals surface area contributed by atoms with Crippen LogP contribution in [0.1, 0.15) is 239 Å². The Hall–Kier alpha value is -1.47. The molecule has 0 aliphatic heterocycles. The summed E-state index contributed by atoms with van der Waals surface area (Å²) in [6.07, 6.45) is 51.8. The highest BCUT2D eigenvalue weighted by atomic mass is 16.3. The monoisotopic (exact) mass is 776 g/mol. The summed E-state index contributed by atoms with van der Waals surface area (Å²) in [6.45, 7) is 4.04. The maximum atomic E-state index is 12.5. The SMILES string of the molecule is CCCCCCCCCCCC/C=C/CC/C=C/CC/C=C/CCCC(O)C(O)C(CO)NC(=O)C(O)CCCCCCCCCCCCCCCCCC. The number of allylic oxidation sites excluding steroid dienone is 6. The molecule has 5 N–H and O–H groups in total. The molecule has 0 aliphatic carbocycles. The fourth-order valence-electron chi connectivity index (χ4n) is 7.26. The molecule has 0 aliphatic rings. The molecular formula is C49H93NO5. The average Bonchev–Trinajstić information content (AvgIpc) is 3.19. The summed E-state index contributed by atoms with van der Waals surface area (Å²) >= 11 is 0. The van der Waals surface area contributed by atoms with Crippen LogP contribution in [-0.2, 0) is 4.79 Å². The highest BCUT2D eigenvalue weighted by molar-refractivity contribution is 5.80. The van der Waals surface area contributed by atoms with E-state index in [2.05, 4.69) is 55.6 Å². The minimum Gasteiger partial charge on any atom is -0.394 e. The summed E-state index contributed by atoms with van der Waals surface area (Å²) in [5.41, 5.74) is 0. The van der Waals surface area contributed by atoms with E-state index in [-0.39, 0.29) is 0 Å². The van der Waals surface area contributed by atoms with Gasteiger partial charge in [0.2, 0.25) is 5.91 Å². The summed E-state index contributed by atoms with van der Waals surface area (Å²) in [4.78, 5) is 12.5. The van der Waals surface area contributed by atoms with Crippen molar-refractivity contribution in [1.82, 2.24) is 5.32 Å². The number of nitrogens with one attached hydrogen (secondary N) is 1. The van der Waals surface area contributed by atoms with Crippen molar-refractivity contribution in [1.29, 1.82) is 0 Å². The molecule has 0 rings (SSSR count). The number of carbonyl (C=O) groups is 1. The molecule has 0 aromatic heterocycles. The molecule has 0 fully saturated rings. The molecule has 55 heavy (non-hydrogen) atoms. The van der Waals surface area contributed by atoms with Gasteiger partial charge in [-0.15, -0.1) is 0 Å². The summed E-state index contributed by atoms with van der Waals surface area (Å²) in [7, 11) is 0. The smallest absolute Gasteiger partial charge is 0.249 e. The fourth-order valence-corrected chi connectivity index (χ4v) is 7.26. The van der Waals surface area contributed by atoms with Crippen LogP contribution >= 0.6 is 0 Å². The van der Waals surface area contributed by atoms with Crippen LogP contribution < -0.4 is 5.32 Å². The van der Waals surface area contributed by atoms with Crippen LogP contribution in [0.4, 0.5) is 0 Å². The second-order valence-corrected chi connectivity index (χ2v) is 16.4. The molecule has 0 saturated heterocycles. The summed E-state index contributed by atoms with van der Waals surface area (Å²) in [5, 5.41) is 43.7. The van der Waals surface area contributed by atoms with Crippen LogP contribution in [-0.4, -0.2) is 57.3 Å². The number of carbonyl (C=O) groups excluding carboxylic acids is 1. The van der Waals surface area contributed by atoms with Gasteiger partial charge in [0.15, 0.2) is 0 Å². The van der Waals surface area contributed by atoms with E-state index in [9.17, 15) is 25.2 Å². The summed E-state index contributed by atoms with van der Waals surface area (Å²) < 4.78 is 0. The fraction of sp³-hybridized carbons (Fsp3) is 0.857. The Labute approximate surface area is 341 Å². The van der Waals surface area contributed by atoms with E-state index in [4.69, 9.17) is 0 Å². The third-order valence-electron chi connectivity index (χ3n) is 11.1. The first kappa shape index (κ1) is 53.5. The van der Waals surface area contributed by atoms with E-state index in [0.29, 0.717) is 19.3 Å². The molecule has 0 bridgehead atoms. The lowest BCUT2D eigenvalue weighted by Gasteiger charge is -2.27. The van der Waals surface area contributed by atoms with Crippen LogP contribution in [0.5, 0.6) is 0 Å². The molecular weight excluding hydrogens is 683 g/mol. The van der Waals surface area contributed by atoms with Crippen LogP contribution in [0.15, 0.2) is 36.5 Å². The molecule has 6 nitrogen and oxygen atoms in total. The third-order valence-corrected chi connectivity index (χ3v) is 11.1. The van der Waals surface area contributed by atoms with Crippen LogP contribution in [0, 0.1) is 0 Å². The van der Waals surface area contributed by atoms with Crippen molar-refractivity contribution in [3.8, 4) is 0 Å². The lowest BCUT2D eigenvalue weighted by Crippen LogP contribution is -2.53. The Morgan fingerprint density at radius 2 is 0.764 bits per heavy atom. The predicted molar refractivity (Wildman–Crippen MR) is 237 cm³/mol. The molecule has 0 saturated carbocycles. The largest absolute Gasteiger partial charge is 0.394 e. The van der Waals surface area contributed by atoms with E-state index < -0.39 is 36.9 Å². The number of unbranched alkanes of at least 4 members (excludes halogenated alkanes) is 28. The number of amides is 1. The van der Waals surface area contributed by atoms with Gasteiger partial charge >= 0.3 is 0 Å². The zero-order valence-electron chi connectivity index (χ0n) is 36.4. The molecule has 1 amide bonds. The third kappa shape index (κ3) is 37.8. The van der Waals surface area contributed by atoms with Crippen molar-refractivity contribution >= 4 is 5.91 Å². The Morgan fingerprint density at radius 3 is 1.15 bits per heavy atom. The molecule has 0 spiro atoms. The number of rotatable bonds is 43. The van der Waals surface area contributed by atoms with E-state index in [1.807, 2.05) is 0 Å². The summed E-state index contributed by atoms with van der Waals surface area (Å²) in [6, 6.07) is -1.01. The number of aliphatic hydroxyl groups is 4. The highest BCUT2D eigenvalue weighted by Gasteiger charge is 2.28. The van der Waals surface area contributed by atoms with Gasteiger partial charge in [-0.3, -0.25) is 4.79 Å². The van der Waals surface area contributed by atoms with Gasteiger partial charge in [0, 0.05) is 0 Å². The van der Waals surface area contributed by atoms with Crippen molar-refractivity contribution in [3.63, 3.8) is 0 Å². The predicted octanol–water partition coefficient (Wildman–Crippen LogP) is 12.9. The van der Waals surface area contributed by atoms with Crippen LogP contribution in [0.2, 0.25) is 0 Å². The minimum absolute atomic E-state index is 0.361. The van der Waals surface area contributed by atoms with Crippen molar-refractivity contribution in [3.05, 3.63) is 36.5 Å². The normalized spacial score (nSPS) is 14.4. The Kier molecular flexibility index (Phi) is 42.5. The standard InChI is InChI=1S/C49H93NO5/c1-3-5-7-9-11-13-15-17-19-21-22-23-24-25-26-27-29-30-32-34-36-38-40-42-46(52)48(54)45(44-51)50-49(55)47(53)43-41-39-37-35-33-31-28-20-18-16-14-12-10-8-6-4-2/h23-24,27,29,34,36,45-48,51-54H,3-22,25-26,28,30-33,35,37-44H2,1-2H3,(H,50,55)/b24-23+,29-27+,36-34+. The minimum atomic E-state index is -1.29. The average molecular weight is 776 g/mol. The molecule has 4 unspecified atom stereocenters. The molecule has 324 valence electrons.